The van der Waals surface area contributed by atoms with E-state index >= 15 is 0 Å². The highest BCUT2D eigenvalue weighted by atomic mass is 32.1. The fraction of sp³-hybridized carbons (Fsp3) is 0.400. The van der Waals surface area contributed by atoms with Crippen molar-refractivity contribution >= 4 is 22.9 Å². The first kappa shape index (κ1) is 7.25. The van der Waals surface area contributed by atoms with E-state index in [1.807, 2.05) is 0 Å². The lowest BCUT2D eigenvalue weighted by Crippen LogP contribution is -2.04. The van der Waals surface area contributed by atoms with Crippen LogP contribution in [0.3, 0.4) is 0 Å². The van der Waals surface area contributed by atoms with Gasteiger partial charge in [0, 0.05) is 0 Å². The quantitative estimate of drug-likeness (QED) is 0.516. The topological polar surface area (TPSA) is 40.9 Å². The van der Waals surface area contributed by atoms with E-state index in [9.17, 15) is 4.79 Å². The van der Waals surface area contributed by atoms with Crippen LogP contribution in [-0.4, -0.2) is 10.6 Å². The SMILES string of the molecule is CC(=S)C(=O)CC#N. The zero-order valence-electron chi connectivity index (χ0n) is 4.47. The zero-order valence-corrected chi connectivity index (χ0v) is 5.29. The third kappa shape index (κ3) is 2.43. The van der Waals surface area contributed by atoms with Crippen molar-refractivity contribution in [2.45, 2.75) is 13.3 Å². The summed E-state index contributed by atoms with van der Waals surface area (Å²) in [6.45, 7) is 1.52. The van der Waals surface area contributed by atoms with Crippen molar-refractivity contribution in [2.24, 2.45) is 0 Å². The van der Waals surface area contributed by atoms with Crippen LogP contribution in [-0.2, 0) is 4.79 Å². The minimum Gasteiger partial charge on any atom is -0.292 e. The Labute approximate surface area is 53.1 Å². The molecule has 0 aliphatic heterocycles. The molecular weight excluding hydrogens is 122 g/mol. The zero-order chi connectivity index (χ0) is 6.57. The number of ketones is 1. The summed E-state index contributed by atoms with van der Waals surface area (Å²) in [6.07, 6.45) is -0.0880. The van der Waals surface area contributed by atoms with E-state index in [0.29, 0.717) is 0 Å². The Bertz CT molecular complexity index is 156. The minimum atomic E-state index is -0.248. The fourth-order valence-electron chi connectivity index (χ4n) is 0.196. The summed E-state index contributed by atoms with van der Waals surface area (Å²) in [5.41, 5.74) is 0. The number of nitriles is 1. The third-order valence-electron chi connectivity index (χ3n) is 0.632. The second-order valence-electron chi connectivity index (χ2n) is 1.31. The molecule has 0 aromatic carbocycles. The Morgan fingerprint density at radius 1 is 1.88 bits per heavy atom. The van der Waals surface area contributed by atoms with Crippen LogP contribution in [0.1, 0.15) is 13.3 Å². The second-order valence-corrected chi connectivity index (χ2v) is 1.93. The molecule has 0 radical (unpaired) electrons. The maximum Gasteiger partial charge on any atom is 0.183 e. The number of thiocarbonyl (C=S) groups is 1. The number of Topliss-reactive ketones (excluding diaryl/α,β-unsaturated/α-hetero) is 1. The average Bonchev–Trinajstić information content (AvgIpc) is 1.67. The van der Waals surface area contributed by atoms with Gasteiger partial charge in [0.1, 0.15) is 0 Å². The smallest absolute Gasteiger partial charge is 0.183 e. The van der Waals surface area contributed by atoms with Crippen molar-refractivity contribution in [3.05, 3.63) is 0 Å². The molecule has 0 N–H and O–H groups in total. The van der Waals surface area contributed by atoms with Crippen LogP contribution in [0.5, 0.6) is 0 Å². The van der Waals surface area contributed by atoms with Gasteiger partial charge < -0.3 is 0 Å². The van der Waals surface area contributed by atoms with Crippen LogP contribution < -0.4 is 0 Å². The second kappa shape index (κ2) is 3.28. The molecule has 0 heterocycles. The maximum absolute atomic E-state index is 10.4. The number of hydrogen-bond donors (Lipinski definition) is 0. The molecule has 0 bridgehead atoms. The van der Waals surface area contributed by atoms with Gasteiger partial charge in [-0.2, -0.15) is 5.26 Å². The molecule has 0 rings (SSSR count). The fourth-order valence-corrected chi connectivity index (χ4v) is 0.268. The summed E-state index contributed by atoms with van der Waals surface area (Å²) in [6, 6.07) is 1.71. The first-order valence-electron chi connectivity index (χ1n) is 2.09. The van der Waals surface area contributed by atoms with E-state index in [4.69, 9.17) is 5.26 Å². The Hall–Kier alpha value is -0.750. The van der Waals surface area contributed by atoms with Crippen LogP contribution in [0.25, 0.3) is 0 Å². The van der Waals surface area contributed by atoms with Gasteiger partial charge in [-0.25, -0.2) is 0 Å². The van der Waals surface area contributed by atoms with Crippen LogP contribution in [0.15, 0.2) is 0 Å². The highest BCUT2D eigenvalue weighted by Gasteiger charge is 1.99. The van der Waals surface area contributed by atoms with Gasteiger partial charge in [0.25, 0.3) is 0 Å². The normalized spacial score (nSPS) is 7.50. The number of hydrogen-bond acceptors (Lipinski definition) is 3. The highest BCUT2D eigenvalue weighted by molar-refractivity contribution is 7.82. The van der Waals surface area contributed by atoms with Gasteiger partial charge in [0.2, 0.25) is 0 Å². The molecule has 0 aliphatic rings. The molecule has 0 aliphatic carbocycles. The molecule has 0 unspecified atom stereocenters. The molecule has 3 heteroatoms. The average molecular weight is 127 g/mol. The number of carbonyl (C=O) groups excluding carboxylic acids is 1. The van der Waals surface area contributed by atoms with Gasteiger partial charge in [-0.3, -0.25) is 4.79 Å². The van der Waals surface area contributed by atoms with Crippen molar-refractivity contribution < 1.29 is 4.79 Å². The minimum absolute atomic E-state index is 0.0880. The Morgan fingerprint density at radius 3 is 2.50 bits per heavy atom. The van der Waals surface area contributed by atoms with Crippen LogP contribution in [0.4, 0.5) is 0 Å². The largest absolute Gasteiger partial charge is 0.292 e. The van der Waals surface area contributed by atoms with E-state index < -0.39 is 0 Å². The van der Waals surface area contributed by atoms with Crippen LogP contribution in [0.2, 0.25) is 0 Å². The lowest BCUT2D eigenvalue weighted by Gasteiger charge is -1.83. The van der Waals surface area contributed by atoms with E-state index in [-0.39, 0.29) is 17.1 Å². The first-order chi connectivity index (χ1) is 3.68. The van der Waals surface area contributed by atoms with Gasteiger partial charge in [-0.05, 0) is 6.92 Å². The standard InChI is InChI=1S/C5H5NOS/c1-4(8)5(7)2-3-6/h2H2,1H3. The molecular formula is C5H5NOS. The molecule has 0 saturated carbocycles. The van der Waals surface area contributed by atoms with Crippen molar-refractivity contribution in [1.29, 1.82) is 5.26 Å². The van der Waals surface area contributed by atoms with E-state index in [1.165, 1.54) is 6.92 Å². The molecule has 0 atom stereocenters. The van der Waals surface area contributed by atoms with E-state index in [2.05, 4.69) is 12.2 Å². The summed E-state index contributed by atoms with van der Waals surface area (Å²) >= 11 is 4.48. The maximum atomic E-state index is 10.4. The van der Waals surface area contributed by atoms with Gasteiger partial charge in [-0.1, -0.05) is 12.2 Å². The molecule has 0 aromatic rings. The van der Waals surface area contributed by atoms with Gasteiger partial charge >= 0.3 is 0 Å². The molecule has 2 nitrogen and oxygen atoms in total. The number of rotatable bonds is 2. The predicted octanol–water partition coefficient (Wildman–Crippen LogP) is 0.859. The molecule has 42 valence electrons. The van der Waals surface area contributed by atoms with Crippen molar-refractivity contribution in [2.75, 3.05) is 0 Å². The van der Waals surface area contributed by atoms with Gasteiger partial charge in [0.05, 0.1) is 17.4 Å². The Kier molecular flexibility index (Phi) is 2.97. The highest BCUT2D eigenvalue weighted by Crippen LogP contribution is 1.83. The molecule has 0 spiro atoms. The van der Waals surface area contributed by atoms with Gasteiger partial charge in [-0.15, -0.1) is 0 Å². The first-order valence-corrected chi connectivity index (χ1v) is 2.50. The summed E-state index contributed by atoms with van der Waals surface area (Å²) in [4.78, 5) is 10.7. The van der Waals surface area contributed by atoms with Crippen LogP contribution in [0, 0.1) is 11.3 Å². The van der Waals surface area contributed by atoms with Crippen LogP contribution >= 0.6 is 12.2 Å². The lowest BCUT2D eigenvalue weighted by molar-refractivity contribution is -0.111. The van der Waals surface area contributed by atoms with Crippen molar-refractivity contribution in [1.82, 2.24) is 0 Å². The predicted molar refractivity (Wildman–Crippen MR) is 33.5 cm³/mol. The van der Waals surface area contributed by atoms with Crippen molar-refractivity contribution in [3.63, 3.8) is 0 Å². The lowest BCUT2D eigenvalue weighted by atomic mass is 10.2. The molecule has 0 saturated heterocycles. The molecule has 0 amide bonds. The van der Waals surface area contributed by atoms with Crippen molar-refractivity contribution in [3.8, 4) is 6.07 Å². The van der Waals surface area contributed by atoms with E-state index in [0.717, 1.165) is 0 Å². The summed E-state index contributed by atoms with van der Waals surface area (Å²) in [5, 5.41) is 7.96. The molecule has 8 heavy (non-hydrogen) atoms. The molecule has 0 fully saturated rings. The summed E-state index contributed by atoms with van der Waals surface area (Å²) in [5.74, 6) is -0.248. The summed E-state index contributed by atoms with van der Waals surface area (Å²) in [7, 11) is 0. The molecule has 0 aromatic heterocycles. The Balaban J connectivity index is 3.71. The summed E-state index contributed by atoms with van der Waals surface area (Å²) < 4.78 is 0. The van der Waals surface area contributed by atoms with Gasteiger partial charge in [0.15, 0.2) is 5.78 Å². The van der Waals surface area contributed by atoms with E-state index in [1.54, 1.807) is 6.07 Å². The third-order valence-corrected chi connectivity index (χ3v) is 0.860. The monoisotopic (exact) mass is 127 g/mol. The number of nitrogens with zero attached hydrogens (tertiary/aromatic N) is 1. The number of carbonyl (C=O) groups is 1. The Morgan fingerprint density at radius 2 is 2.38 bits per heavy atom.